The number of ether oxygens (including phenoxy) is 1. The molecule has 3 aromatic rings. The maximum Gasteiger partial charge on any atom is 0.338 e. The Bertz CT molecular complexity index is 841. The smallest absolute Gasteiger partial charge is 0.338 e. The number of rotatable bonds is 4. The molecule has 2 aromatic heterocycles. The number of carbonyl (C=O) groups is 1. The Hall–Kier alpha value is -2.76. The maximum atomic E-state index is 13.0. The number of nitrogens with one attached hydrogen (secondary N) is 1. The van der Waals surface area contributed by atoms with E-state index < -0.39 is 12.4 Å². The van der Waals surface area contributed by atoms with Gasteiger partial charge in [0.15, 0.2) is 0 Å². The second-order valence-corrected chi connectivity index (χ2v) is 4.93. The first kappa shape index (κ1) is 15.1. The summed E-state index contributed by atoms with van der Waals surface area (Å²) in [5.41, 5.74) is 2.01. The lowest BCUT2D eigenvalue weighted by atomic mass is 10.0. The van der Waals surface area contributed by atoms with E-state index in [4.69, 9.17) is 4.74 Å². The van der Waals surface area contributed by atoms with E-state index in [0.29, 0.717) is 28.8 Å². The molecule has 23 heavy (non-hydrogen) atoms. The van der Waals surface area contributed by atoms with E-state index >= 15 is 0 Å². The van der Waals surface area contributed by atoms with E-state index in [0.717, 1.165) is 5.56 Å². The molecule has 0 unspecified atom stereocenters. The Kier molecular flexibility index (Phi) is 4.06. The molecule has 0 spiro atoms. The van der Waals surface area contributed by atoms with Gasteiger partial charge in [0, 0.05) is 23.3 Å². The van der Waals surface area contributed by atoms with Gasteiger partial charge in [-0.25, -0.2) is 13.6 Å². The van der Waals surface area contributed by atoms with Crippen molar-refractivity contribution in [3.05, 3.63) is 53.9 Å². The summed E-state index contributed by atoms with van der Waals surface area (Å²) in [4.78, 5) is 18.7. The number of benzene rings is 1. The number of hydrogen-bond acceptors (Lipinski definition) is 3. The predicted octanol–water partition coefficient (Wildman–Crippen LogP) is 4.34. The average molecular weight is 316 g/mol. The molecule has 3 rings (SSSR count). The topological polar surface area (TPSA) is 55.0 Å². The fourth-order valence-electron chi connectivity index (χ4n) is 2.45. The summed E-state index contributed by atoms with van der Waals surface area (Å²) in [7, 11) is 0. The van der Waals surface area contributed by atoms with Crippen LogP contribution in [0.1, 0.15) is 29.3 Å². The Morgan fingerprint density at radius 3 is 2.65 bits per heavy atom. The number of hydrogen-bond donors (Lipinski definition) is 1. The number of esters is 1. The summed E-state index contributed by atoms with van der Waals surface area (Å²) in [5.74, 6) is -0.396. The van der Waals surface area contributed by atoms with Crippen molar-refractivity contribution in [3.63, 3.8) is 0 Å². The Morgan fingerprint density at radius 2 is 2.00 bits per heavy atom. The van der Waals surface area contributed by atoms with Crippen LogP contribution in [0, 0.1) is 0 Å². The van der Waals surface area contributed by atoms with Crippen molar-refractivity contribution in [2.24, 2.45) is 0 Å². The van der Waals surface area contributed by atoms with Crippen molar-refractivity contribution < 1.29 is 18.3 Å². The molecule has 1 N–H and O–H groups in total. The van der Waals surface area contributed by atoms with Crippen molar-refractivity contribution >= 4 is 16.9 Å². The minimum absolute atomic E-state index is 0.128. The number of fused-ring (bicyclic) bond motifs is 1. The van der Waals surface area contributed by atoms with E-state index in [1.807, 2.05) is 0 Å². The van der Waals surface area contributed by atoms with Crippen LogP contribution in [0.3, 0.4) is 0 Å². The zero-order chi connectivity index (χ0) is 16.4. The average Bonchev–Trinajstić information content (AvgIpc) is 3.03. The maximum absolute atomic E-state index is 13.0. The van der Waals surface area contributed by atoms with E-state index in [1.54, 1.807) is 43.5 Å². The lowest BCUT2D eigenvalue weighted by Gasteiger charge is -2.08. The minimum atomic E-state index is -2.59. The first-order valence-corrected chi connectivity index (χ1v) is 7.13. The molecule has 6 heteroatoms. The SMILES string of the molecule is CCOC(=O)c1ccc(-c2ncc(C(F)F)c3[nH]ccc23)cc1. The van der Waals surface area contributed by atoms with Crippen molar-refractivity contribution in [2.75, 3.05) is 6.61 Å². The first-order chi connectivity index (χ1) is 11.1. The van der Waals surface area contributed by atoms with Crippen molar-refractivity contribution in [3.8, 4) is 11.3 Å². The highest BCUT2D eigenvalue weighted by Gasteiger charge is 2.16. The highest BCUT2D eigenvalue weighted by molar-refractivity contribution is 5.95. The fraction of sp³-hybridized carbons (Fsp3) is 0.176. The van der Waals surface area contributed by atoms with Gasteiger partial charge in [0.25, 0.3) is 6.43 Å². The zero-order valence-electron chi connectivity index (χ0n) is 12.3. The molecular weight excluding hydrogens is 302 g/mol. The van der Waals surface area contributed by atoms with Crippen LogP contribution in [0.2, 0.25) is 0 Å². The summed E-state index contributed by atoms with van der Waals surface area (Å²) in [6, 6.07) is 8.43. The second-order valence-electron chi connectivity index (χ2n) is 4.93. The standard InChI is InChI=1S/C17H14F2N2O2/c1-2-23-17(22)11-5-3-10(4-6-11)14-12-7-8-20-15(12)13(9-21-14)16(18)19/h3-9,16,20H,2H2,1H3. The molecule has 2 heterocycles. The monoisotopic (exact) mass is 316 g/mol. The van der Waals surface area contributed by atoms with Gasteiger partial charge in [0.05, 0.1) is 28.9 Å². The number of carbonyl (C=O) groups excluding carboxylic acids is 1. The lowest BCUT2D eigenvalue weighted by molar-refractivity contribution is 0.0526. The summed E-state index contributed by atoms with van der Waals surface area (Å²) < 4.78 is 31.0. The highest BCUT2D eigenvalue weighted by Crippen LogP contribution is 2.32. The van der Waals surface area contributed by atoms with Gasteiger partial charge in [-0.05, 0) is 25.1 Å². The third kappa shape index (κ3) is 2.79. The highest BCUT2D eigenvalue weighted by atomic mass is 19.3. The van der Waals surface area contributed by atoms with Crippen LogP contribution in [0.5, 0.6) is 0 Å². The fourth-order valence-corrected chi connectivity index (χ4v) is 2.45. The summed E-state index contributed by atoms with van der Waals surface area (Å²) in [6.07, 6.45) is 0.191. The third-order valence-corrected chi connectivity index (χ3v) is 3.53. The van der Waals surface area contributed by atoms with Crippen LogP contribution >= 0.6 is 0 Å². The number of halogens is 2. The number of nitrogens with zero attached hydrogens (tertiary/aromatic N) is 1. The van der Waals surface area contributed by atoms with Gasteiger partial charge < -0.3 is 9.72 Å². The first-order valence-electron chi connectivity index (χ1n) is 7.13. The number of alkyl halides is 2. The van der Waals surface area contributed by atoms with Crippen LogP contribution < -0.4 is 0 Å². The van der Waals surface area contributed by atoms with E-state index in [-0.39, 0.29) is 5.56 Å². The van der Waals surface area contributed by atoms with E-state index in [9.17, 15) is 13.6 Å². The van der Waals surface area contributed by atoms with Gasteiger partial charge >= 0.3 is 5.97 Å². The lowest BCUT2D eigenvalue weighted by Crippen LogP contribution is -2.04. The number of aromatic amines is 1. The molecule has 0 bridgehead atoms. The Balaban J connectivity index is 2.02. The molecule has 0 fully saturated rings. The molecule has 4 nitrogen and oxygen atoms in total. The normalized spacial score (nSPS) is 11.1. The van der Waals surface area contributed by atoms with Crippen LogP contribution in [-0.4, -0.2) is 22.5 Å². The zero-order valence-corrected chi connectivity index (χ0v) is 12.3. The molecular formula is C17H14F2N2O2. The van der Waals surface area contributed by atoms with Gasteiger partial charge in [-0.3, -0.25) is 4.98 Å². The largest absolute Gasteiger partial charge is 0.462 e. The van der Waals surface area contributed by atoms with Gasteiger partial charge in [0.1, 0.15) is 0 Å². The molecule has 0 aliphatic carbocycles. The van der Waals surface area contributed by atoms with Crippen LogP contribution in [0.25, 0.3) is 22.2 Å². The predicted molar refractivity (Wildman–Crippen MR) is 82.4 cm³/mol. The quantitative estimate of drug-likeness (QED) is 0.728. The Morgan fingerprint density at radius 1 is 1.26 bits per heavy atom. The van der Waals surface area contributed by atoms with Gasteiger partial charge in [0.2, 0.25) is 0 Å². The molecule has 0 aliphatic rings. The Labute approximate surface area is 131 Å². The molecule has 0 aliphatic heterocycles. The molecule has 118 valence electrons. The molecule has 0 saturated heterocycles. The molecule has 0 radical (unpaired) electrons. The van der Waals surface area contributed by atoms with Crippen LogP contribution in [0.15, 0.2) is 42.7 Å². The van der Waals surface area contributed by atoms with Crippen LogP contribution in [-0.2, 0) is 4.74 Å². The number of H-pyrrole nitrogens is 1. The molecule has 0 amide bonds. The molecule has 0 atom stereocenters. The van der Waals surface area contributed by atoms with Crippen LogP contribution in [0.4, 0.5) is 8.78 Å². The molecule has 0 saturated carbocycles. The minimum Gasteiger partial charge on any atom is -0.462 e. The van der Waals surface area contributed by atoms with Gasteiger partial charge in [-0.15, -0.1) is 0 Å². The van der Waals surface area contributed by atoms with Gasteiger partial charge in [-0.1, -0.05) is 12.1 Å². The summed E-state index contributed by atoms with van der Waals surface area (Å²) in [6.45, 7) is 2.05. The number of pyridine rings is 1. The van der Waals surface area contributed by atoms with Crippen molar-refractivity contribution in [1.82, 2.24) is 9.97 Å². The molecule has 1 aromatic carbocycles. The third-order valence-electron chi connectivity index (χ3n) is 3.53. The van der Waals surface area contributed by atoms with Crippen molar-refractivity contribution in [2.45, 2.75) is 13.3 Å². The van der Waals surface area contributed by atoms with E-state index in [2.05, 4.69) is 9.97 Å². The number of aromatic nitrogens is 2. The van der Waals surface area contributed by atoms with Crippen molar-refractivity contribution in [1.29, 1.82) is 0 Å². The summed E-state index contributed by atoms with van der Waals surface area (Å²) in [5, 5.41) is 0.617. The van der Waals surface area contributed by atoms with E-state index in [1.165, 1.54) is 6.20 Å². The van der Waals surface area contributed by atoms with Gasteiger partial charge in [-0.2, -0.15) is 0 Å². The summed E-state index contributed by atoms with van der Waals surface area (Å²) >= 11 is 0. The second kappa shape index (κ2) is 6.16.